The van der Waals surface area contributed by atoms with Crippen LogP contribution in [0, 0.1) is 21.7 Å². The number of nitrogens with zero attached hydrogens (tertiary/aromatic N) is 2. The highest BCUT2D eigenvalue weighted by Crippen LogP contribution is 2.24. The minimum atomic E-state index is -0.748. The highest BCUT2D eigenvalue weighted by atomic mass is 35.5. The summed E-state index contributed by atoms with van der Waals surface area (Å²) in [6.45, 7) is -0.0830. The molecule has 0 aliphatic heterocycles. The van der Waals surface area contributed by atoms with E-state index < -0.39 is 16.6 Å². The summed E-state index contributed by atoms with van der Waals surface area (Å²) < 4.78 is 26.2. The van der Waals surface area contributed by atoms with E-state index in [4.69, 9.17) is 11.6 Å². The number of benzene rings is 1. The second kappa shape index (κ2) is 5.79. The number of nitrogens with one attached hydrogen (secondary N) is 1. The first kappa shape index (κ1) is 14.1. The quantitative estimate of drug-likeness (QED) is 0.533. The first-order valence-corrected chi connectivity index (χ1v) is 5.84. The maximum atomic E-state index is 13.4. The number of hydrogen-bond donors (Lipinski definition) is 1. The SMILES string of the molecule is O=[N+]([O-])c1ccc(Cl)nc1NCc1ccc(F)cc1F. The largest absolute Gasteiger partial charge is 0.360 e. The minimum Gasteiger partial charge on any atom is -0.360 e. The zero-order chi connectivity index (χ0) is 14.7. The van der Waals surface area contributed by atoms with Crippen LogP contribution in [0.2, 0.25) is 5.15 Å². The van der Waals surface area contributed by atoms with Crippen molar-refractivity contribution < 1.29 is 13.7 Å². The van der Waals surface area contributed by atoms with Crippen LogP contribution in [0.1, 0.15) is 5.56 Å². The van der Waals surface area contributed by atoms with Gasteiger partial charge in [0.2, 0.25) is 5.82 Å². The summed E-state index contributed by atoms with van der Waals surface area (Å²) in [7, 11) is 0. The summed E-state index contributed by atoms with van der Waals surface area (Å²) in [5.41, 5.74) is -0.126. The summed E-state index contributed by atoms with van der Waals surface area (Å²) in [6, 6.07) is 5.55. The van der Waals surface area contributed by atoms with Gasteiger partial charge < -0.3 is 5.32 Å². The van der Waals surface area contributed by atoms with E-state index in [2.05, 4.69) is 10.3 Å². The molecule has 1 aromatic heterocycles. The molecule has 0 fully saturated rings. The molecular formula is C12H8ClF2N3O2. The Labute approximate surface area is 117 Å². The zero-order valence-electron chi connectivity index (χ0n) is 9.94. The summed E-state index contributed by atoms with van der Waals surface area (Å²) in [5.74, 6) is -1.52. The Bertz CT molecular complexity index is 667. The number of hydrogen-bond acceptors (Lipinski definition) is 4. The molecule has 0 amide bonds. The molecule has 0 aliphatic rings. The van der Waals surface area contributed by atoms with Gasteiger partial charge in [-0.25, -0.2) is 13.8 Å². The van der Waals surface area contributed by atoms with E-state index in [9.17, 15) is 18.9 Å². The topological polar surface area (TPSA) is 68.1 Å². The van der Waals surface area contributed by atoms with Gasteiger partial charge in [0, 0.05) is 24.2 Å². The summed E-state index contributed by atoms with van der Waals surface area (Å²) >= 11 is 5.66. The molecule has 0 radical (unpaired) electrons. The Morgan fingerprint density at radius 3 is 2.70 bits per heavy atom. The molecule has 20 heavy (non-hydrogen) atoms. The van der Waals surface area contributed by atoms with Gasteiger partial charge in [0.1, 0.15) is 16.8 Å². The van der Waals surface area contributed by atoms with E-state index in [1.807, 2.05) is 0 Å². The van der Waals surface area contributed by atoms with Crippen molar-refractivity contribution in [3.8, 4) is 0 Å². The third-order valence-corrected chi connectivity index (χ3v) is 2.71. The fourth-order valence-electron chi connectivity index (χ4n) is 1.55. The summed E-state index contributed by atoms with van der Waals surface area (Å²) in [6.07, 6.45) is 0. The van der Waals surface area contributed by atoms with Gasteiger partial charge in [-0.2, -0.15) is 0 Å². The van der Waals surface area contributed by atoms with Crippen LogP contribution in [-0.4, -0.2) is 9.91 Å². The molecule has 0 unspecified atom stereocenters. The van der Waals surface area contributed by atoms with Gasteiger partial charge in [-0.3, -0.25) is 10.1 Å². The molecule has 1 heterocycles. The molecule has 1 aromatic carbocycles. The third-order valence-electron chi connectivity index (χ3n) is 2.50. The highest BCUT2D eigenvalue weighted by molar-refractivity contribution is 6.29. The van der Waals surface area contributed by atoms with Crippen molar-refractivity contribution in [1.82, 2.24) is 4.98 Å². The predicted molar refractivity (Wildman–Crippen MR) is 69.6 cm³/mol. The van der Waals surface area contributed by atoms with Gasteiger partial charge in [0.15, 0.2) is 0 Å². The van der Waals surface area contributed by atoms with Crippen LogP contribution in [0.4, 0.5) is 20.3 Å². The number of nitro groups is 1. The normalized spacial score (nSPS) is 10.3. The Hall–Kier alpha value is -2.28. The zero-order valence-corrected chi connectivity index (χ0v) is 10.7. The van der Waals surface area contributed by atoms with Gasteiger partial charge in [-0.05, 0) is 12.1 Å². The average Bonchev–Trinajstić information content (AvgIpc) is 2.37. The second-order valence-corrected chi connectivity index (χ2v) is 4.24. The van der Waals surface area contributed by atoms with Crippen molar-refractivity contribution in [2.24, 2.45) is 0 Å². The minimum absolute atomic E-state index is 0.0673. The van der Waals surface area contributed by atoms with Gasteiger partial charge in [0.25, 0.3) is 0 Å². The monoisotopic (exact) mass is 299 g/mol. The Kier molecular flexibility index (Phi) is 4.09. The van der Waals surface area contributed by atoms with Crippen LogP contribution < -0.4 is 5.32 Å². The molecule has 2 aromatic rings. The first-order valence-electron chi connectivity index (χ1n) is 5.46. The highest BCUT2D eigenvalue weighted by Gasteiger charge is 2.16. The molecule has 2 rings (SSSR count). The lowest BCUT2D eigenvalue weighted by atomic mass is 10.2. The lowest BCUT2D eigenvalue weighted by Gasteiger charge is -2.07. The molecule has 8 heteroatoms. The van der Waals surface area contributed by atoms with Crippen molar-refractivity contribution in [3.63, 3.8) is 0 Å². The molecular weight excluding hydrogens is 292 g/mol. The van der Waals surface area contributed by atoms with E-state index in [0.717, 1.165) is 12.1 Å². The smallest absolute Gasteiger partial charge is 0.311 e. The van der Waals surface area contributed by atoms with Gasteiger partial charge in [-0.1, -0.05) is 17.7 Å². The van der Waals surface area contributed by atoms with Crippen LogP contribution in [0.3, 0.4) is 0 Å². The third kappa shape index (κ3) is 3.18. The summed E-state index contributed by atoms with van der Waals surface area (Å²) in [5, 5.41) is 13.5. The van der Waals surface area contributed by atoms with Crippen molar-refractivity contribution >= 4 is 23.1 Å². The van der Waals surface area contributed by atoms with Crippen LogP contribution in [0.5, 0.6) is 0 Å². The maximum Gasteiger partial charge on any atom is 0.311 e. The number of rotatable bonds is 4. The van der Waals surface area contributed by atoms with E-state index in [-0.39, 0.29) is 28.8 Å². The van der Waals surface area contributed by atoms with Gasteiger partial charge >= 0.3 is 5.69 Å². The Morgan fingerprint density at radius 2 is 2.05 bits per heavy atom. The number of anilines is 1. The molecule has 0 saturated carbocycles. The summed E-state index contributed by atoms with van der Waals surface area (Å²) in [4.78, 5) is 14.0. The van der Waals surface area contributed by atoms with Crippen LogP contribution in [0.25, 0.3) is 0 Å². The number of pyridine rings is 1. The standard InChI is InChI=1S/C12H8ClF2N3O2/c13-11-4-3-10(18(19)20)12(17-11)16-6-7-1-2-8(14)5-9(7)15/h1-5H,6H2,(H,16,17). The molecule has 0 saturated heterocycles. The lowest BCUT2D eigenvalue weighted by molar-refractivity contribution is -0.384. The molecule has 5 nitrogen and oxygen atoms in total. The molecule has 1 N–H and O–H groups in total. The van der Waals surface area contributed by atoms with E-state index in [1.54, 1.807) is 0 Å². The number of halogens is 3. The van der Waals surface area contributed by atoms with Crippen molar-refractivity contribution in [2.75, 3.05) is 5.32 Å². The fraction of sp³-hybridized carbons (Fsp3) is 0.0833. The first-order chi connectivity index (χ1) is 9.47. The van der Waals surface area contributed by atoms with Crippen LogP contribution >= 0.6 is 11.6 Å². The molecule has 104 valence electrons. The van der Waals surface area contributed by atoms with Gasteiger partial charge in [0.05, 0.1) is 4.92 Å². The fourth-order valence-corrected chi connectivity index (χ4v) is 1.70. The Morgan fingerprint density at radius 1 is 1.30 bits per heavy atom. The maximum absolute atomic E-state index is 13.4. The van der Waals surface area contributed by atoms with E-state index >= 15 is 0 Å². The van der Waals surface area contributed by atoms with Crippen molar-refractivity contribution in [3.05, 3.63) is 62.8 Å². The van der Waals surface area contributed by atoms with Crippen molar-refractivity contribution in [1.29, 1.82) is 0 Å². The molecule has 0 bridgehead atoms. The van der Waals surface area contributed by atoms with E-state index in [0.29, 0.717) is 0 Å². The van der Waals surface area contributed by atoms with E-state index in [1.165, 1.54) is 18.2 Å². The average molecular weight is 300 g/mol. The van der Waals surface area contributed by atoms with Crippen molar-refractivity contribution in [2.45, 2.75) is 6.54 Å². The molecule has 0 aliphatic carbocycles. The van der Waals surface area contributed by atoms with Crippen LogP contribution in [0.15, 0.2) is 30.3 Å². The van der Waals surface area contributed by atoms with Crippen LogP contribution in [-0.2, 0) is 6.54 Å². The number of aromatic nitrogens is 1. The lowest BCUT2D eigenvalue weighted by Crippen LogP contribution is -2.06. The molecule has 0 spiro atoms. The predicted octanol–water partition coefficient (Wildman–Crippen LogP) is 3.53. The molecule has 0 atom stereocenters. The van der Waals surface area contributed by atoms with Gasteiger partial charge in [-0.15, -0.1) is 0 Å². The Balaban J connectivity index is 2.22. The second-order valence-electron chi connectivity index (χ2n) is 3.85.